The Labute approximate surface area is 120 Å². The number of piperidine rings is 1. The standard InChI is InChI=1S/C15H21N3O2/c1-15(11-16)5-8-18(9-6-15)10-12-14(20-3)13(19-2)4-7-17-12/h4,7H,5-6,8-10H2,1-3H3. The first-order chi connectivity index (χ1) is 9.61. The van der Waals surface area contributed by atoms with E-state index < -0.39 is 0 Å². The van der Waals surface area contributed by atoms with E-state index in [0.717, 1.165) is 38.2 Å². The fraction of sp³-hybridized carbons (Fsp3) is 0.600. The summed E-state index contributed by atoms with van der Waals surface area (Å²) in [5, 5.41) is 9.16. The molecule has 2 heterocycles. The minimum absolute atomic E-state index is 0.178. The SMILES string of the molecule is COc1ccnc(CN2CCC(C)(C#N)CC2)c1OC. The summed E-state index contributed by atoms with van der Waals surface area (Å²) in [5.74, 6) is 1.40. The monoisotopic (exact) mass is 275 g/mol. The fourth-order valence-corrected chi connectivity index (χ4v) is 2.49. The predicted octanol–water partition coefficient (Wildman–Crippen LogP) is 2.22. The Morgan fingerprint density at radius 1 is 1.35 bits per heavy atom. The highest BCUT2D eigenvalue weighted by Gasteiger charge is 2.30. The van der Waals surface area contributed by atoms with Crippen molar-refractivity contribution in [1.82, 2.24) is 9.88 Å². The molecular weight excluding hydrogens is 254 g/mol. The van der Waals surface area contributed by atoms with Gasteiger partial charge in [-0.05, 0) is 19.8 Å². The van der Waals surface area contributed by atoms with Gasteiger partial charge >= 0.3 is 0 Å². The van der Waals surface area contributed by atoms with Crippen molar-refractivity contribution >= 4 is 0 Å². The van der Waals surface area contributed by atoms with E-state index in [0.29, 0.717) is 11.5 Å². The van der Waals surface area contributed by atoms with Crippen LogP contribution in [-0.4, -0.2) is 37.2 Å². The summed E-state index contributed by atoms with van der Waals surface area (Å²) in [4.78, 5) is 6.71. The molecule has 20 heavy (non-hydrogen) atoms. The minimum Gasteiger partial charge on any atom is -0.493 e. The van der Waals surface area contributed by atoms with E-state index in [-0.39, 0.29) is 5.41 Å². The third-order valence-electron chi connectivity index (χ3n) is 3.97. The van der Waals surface area contributed by atoms with E-state index in [9.17, 15) is 0 Å². The first-order valence-corrected chi connectivity index (χ1v) is 6.81. The van der Waals surface area contributed by atoms with Gasteiger partial charge in [-0.15, -0.1) is 0 Å². The van der Waals surface area contributed by atoms with Gasteiger partial charge in [-0.2, -0.15) is 5.26 Å². The summed E-state index contributed by atoms with van der Waals surface area (Å²) in [5.41, 5.74) is 0.704. The molecule has 0 spiro atoms. The topological polar surface area (TPSA) is 58.4 Å². The molecule has 108 valence electrons. The summed E-state index contributed by atoms with van der Waals surface area (Å²) in [7, 11) is 3.26. The van der Waals surface area contributed by atoms with Crippen molar-refractivity contribution in [2.45, 2.75) is 26.3 Å². The van der Waals surface area contributed by atoms with Crippen molar-refractivity contribution in [3.05, 3.63) is 18.0 Å². The molecule has 0 atom stereocenters. The third-order valence-corrected chi connectivity index (χ3v) is 3.97. The van der Waals surface area contributed by atoms with Gasteiger partial charge in [0.25, 0.3) is 0 Å². The van der Waals surface area contributed by atoms with Crippen LogP contribution >= 0.6 is 0 Å². The third kappa shape index (κ3) is 3.02. The maximum Gasteiger partial charge on any atom is 0.183 e. The number of nitrogens with zero attached hydrogens (tertiary/aromatic N) is 3. The molecule has 0 radical (unpaired) electrons. The van der Waals surface area contributed by atoms with E-state index in [1.807, 2.05) is 6.92 Å². The number of pyridine rings is 1. The van der Waals surface area contributed by atoms with Crippen LogP contribution in [0.5, 0.6) is 11.5 Å². The van der Waals surface area contributed by atoms with Crippen molar-refractivity contribution in [3.63, 3.8) is 0 Å². The van der Waals surface area contributed by atoms with Crippen molar-refractivity contribution in [2.75, 3.05) is 27.3 Å². The van der Waals surface area contributed by atoms with Crippen LogP contribution in [0.25, 0.3) is 0 Å². The molecular formula is C15H21N3O2. The quantitative estimate of drug-likeness (QED) is 0.843. The van der Waals surface area contributed by atoms with Crippen molar-refractivity contribution < 1.29 is 9.47 Å². The van der Waals surface area contributed by atoms with E-state index in [2.05, 4.69) is 16.0 Å². The maximum atomic E-state index is 9.16. The number of aromatic nitrogens is 1. The van der Waals surface area contributed by atoms with Crippen LogP contribution in [0.4, 0.5) is 0 Å². The van der Waals surface area contributed by atoms with Gasteiger partial charge in [-0.3, -0.25) is 9.88 Å². The predicted molar refractivity (Wildman–Crippen MR) is 75.6 cm³/mol. The van der Waals surface area contributed by atoms with Crippen LogP contribution in [0, 0.1) is 16.7 Å². The first-order valence-electron chi connectivity index (χ1n) is 6.81. The van der Waals surface area contributed by atoms with Crippen LogP contribution in [0.15, 0.2) is 12.3 Å². The number of ether oxygens (including phenoxy) is 2. The highest BCUT2D eigenvalue weighted by atomic mass is 16.5. The molecule has 5 heteroatoms. The van der Waals surface area contributed by atoms with Gasteiger partial charge in [0.05, 0.1) is 25.7 Å². The van der Waals surface area contributed by atoms with Crippen LogP contribution in [-0.2, 0) is 6.54 Å². The number of likely N-dealkylation sites (tertiary alicyclic amines) is 1. The molecule has 0 amide bonds. The van der Waals surface area contributed by atoms with E-state index >= 15 is 0 Å². The average molecular weight is 275 g/mol. The molecule has 1 fully saturated rings. The minimum atomic E-state index is -0.178. The van der Waals surface area contributed by atoms with Crippen molar-refractivity contribution in [3.8, 4) is 17.6 Å². The Bertz CT molecular complexity index is 502. The highest BCUT2D eigenvalue weighted by Crippen LogP contribution is 2.33. The Hall–Kier alpha value is -1.80. The van der Waals surface area contributed by atoms with Crippen LogP contribution in [0.2, 0.25) is 0 Å². The number of methoxy groups -OCH3 is 2. The highest BCUT2D eigenvalue weighted by molar-refractivity contribution is 5.42. The summed E-state index contributed by atoms with van der Waals surface area (Å²) in [6.07, 6.45) is 3.53. The lowest BCUT2D eigenvalue weighted by Crippen LogP contribution is -2.37. The van der Waals surface area contributed by atoms with Gasteiger partial charge in [-0.25, -0.2) is 0 Å². The summed E-state index contributed by atoms with van der Waals surface area (Å²) >= 11 is 0. The molecule has 1 aromatic heterocycles. The molecule has 0 N–H and O–H groups in total. The van der Waals surface area contributed by atoms with Gasteiger partial charge < -0.3 is 9.47 Å². The maximum absolute atomic E-state index is 9.16. The van der Waals surface area contributed by atoms with Crippen molar-refractivity contribution in [1.29, 1.82) is 5.26 Å². The smallest absolute Gasteiger partial charge is 0.183 e. The summed E-state index contributed by atoms with van der Waals surface area (Å²) in [6, 6.07) is 4.22. The van der Waals surface area contributed by atoms with Gasteiger partial charge in [0, 0.05) is 31.9 Å². The number of hydrogen-bond acceptors (Lipinski definition) is 5. The largest absolute Gasteiger partial charge is 0.493 e. The Kier molecular flexibility index (Phi) is 4.46. The first kappa shape index (κ1) is 14.6. The Balaban J connectivity index is 2.07. The van der Waals surface area contributed by atoms with Crippen LogP contribution in [0.3, 0.4) is 0 Å². The van der Waals surface area contributed by atoms with Gasteiger partial charge in [-0.1, -0.05) is 0 Å². The Morgan fingerprint density at radius 3 is 2.60 bits per heavy atom. The molecule has 0 aromatic carbocycles. The Morgan fingerprint density at radius 2 is 2.05 bits per heavy atom. The number of rotatable bonds is 4. The van der Waals surface area contributed by atoms with Gasteiger partial charge in [0.2, 0.25) is 0 Å². The molecule has 1 aliphatic rings. The molecule has 1 aromatic rings. The summed E-state index contributed by atoms with van der Waals surface area (Å²) in [6.45, 7) is 4.58. The van der Waals surface area contributed by atoms with Gasteiger partial charge in [0.15, 0.2) is 11.5 Å². The zero-order valence-electron chi connectivity index (χ0n) is 12.3. The zero-order chi connectivity index (χ0) is 14.6. The van der Waals surface area contributed by atoms with E-state index in [4.69, 9.17) is 14.7 Å². The molecule has 1 saturated heterocycles. The second-order valence-corrected chi connectivity index (χ2v) is 5.44. The van der Waals surface area contributed by atoms with E-state index in [1.165, 1.54) is 0 Å². The van der Waals surface area contributed by atoms with E-state index in [1.54, 1.807) is 26.5 Å². The average Bonchev–Trinajstić information content (AvgIpc) is 2.49. The zero-order valence-corrected chi connectivity index (χ0v) is 12.3. The lowest BCUT2D eigenvalue weighted by atomic mass is 9.82. The molecule has 0 saturated carbocycles. The molecule has 2 rings (SSSR count). The van der Waals surface area contributed by atoms with Crippen LogP contribution < -0.4 is 9.47 Å². The summed E-state index contributed by atoms with van der Waals surface area (Å²) < 4.78 is 10.7. The molecule has 5 nitrogen and oxygen atoms in total. The normalized spacial score (nSPS) is 18.3. The van der Waals surface area contributed by atoms with Crippen LogP contribution in [0.1, 0.15) is 25.5 Å². The number of hydrogen-bond donors (Lipinski definition) is 0. The molecule has 0 aliphatic carbocycles. The number of nitriles is 1. The molecule has 0 bridgehead atoms. The lowest BCUT2D eigenvalue weighted by molar-refractivity contribution is 0.147. The van der Waals surface area contributed by atoms with Crippen molar-refractivity contribution in [2.24, 2.45) is 5.41 Å². The second-order valence-electron chi connectivity index (χ2n) is 5.44. The molecule has 0 unspecified atom stereocenters. The second kappa shape index (κ2) is 6.10. The molecule has 1 aliphatic heterocycles. The van der Waals surface area contributed by atoms with Gasteiger partial charge in [0.1, 0.15) is 5.69 Å². The lowest BCUT2D eigenvalue weighted by Gasteiger charge is -2.34. The fourth-order valence-electron chi connectivity index (χ4n) is 2.49.